The van der Waals surface area contributed by atoms with Gasteiger partial charge < -0.3 is 15.1 Å². The molecule has 0 radical (unpaired) electrons. The summed E-state index contributed by atoms with van der Waals surface area (Å²) in [7, 11) is 0. The second-order valence-electron chi connectivity index (χ2n) is 7.53. The molecule has 0 bridgehead atoms. The maximum absolute atomic E-state index is 12.3. The molecule has 2 fully saturated rings. The monoisotopic (exact) mass is 343 g/mol. The molecule has 136 valence electrons. The molecule has 0 saturated carbocycles. The van der Waals surface area contributed by atoms with E-state index in [0.717, 1.165) is 45.4 Å². The average Bonchev–Trinajstić information content (AvgIpc) is 2.95. The van der Waals surface area contributed by atoms with Crippen LogP contribution in [0.4, 0.5) is 4.79 Å². The highest BCUT2D eigenvalue weighted by Crippen LogP contribution is 2.22. The van der Waals surface area contributed by atoms with Crippen LogP contribution in [0.5, 0.6) is 0 Å². The summed E-state index contributed by atoms with van der Waals surface area (Å²) in [5.74, 6) is 0.810. The van der Waals surface area contributed by atoms with Crippen LogP contribution < -0.4 is 5.32 Å². The Bertz CT molecular complexity index is 625. The van der Waals surface area contributed by atoms with Crippen molar-refractivity contribution in [3.63, 3.8) is 0 Å². The number of nitrogens with one attached hydrogen (secondary N) is 1. The highest BCUT2D eigenvalue weighted by molar-refractivity contribution is 5.78. The number of hydrogen-bond donors (Lipinski definition) is 1. The van der Waals surface area contributed by atoms with E-state index in [1.54, 1.807) is 0 Å². The van der Waals surface area contributed by atoms with Crippen LogP contribution in [-0.2, 0) is 11.2 Å². The van der Waals surface area contributed by atoms with E-state index in [2.05, 4.69) is 36.5 Å². The van der Waals surface area contributed by atoms with Crippen LogP contribution in [0.2, 0.25) is 0 Å². The van der Waals surface area contributed by atoms with Gasteiger partial charge in [-0.15, -0.1) is 0 Å². The summed E-state index contributed by atoms with van der Waals surface area (Å²) >= 11 is 0. The summed E-state index contributed by atoms with van der Waals surface area (Å²) in [6.07, 6.45) is 3.51. The standard InChI is InChI=1S/C20H29N3O2/c1-15-6-3-4-7-18(15)12-17-13-23(14-17)20(25)21-16(2)9-11-22-10-5-8-19(22)24/h3-4,6-7,16-17H,5,8-14H2,1-2H3,(H,21,25)/t16-/m0/s1. The molecule has 0 unspecified atom stereocenters. The number of urea groups is 1. The maximum atomic E-state index is 12.3. The first-order chi connectivity index (χ1) is 12.0. The SMILES string of the molecule is Cc1ccccc1CC1CN(C(=O)N[C@@H](C)CCN2CCCC2=O)C1. The van der Waals surface area contributed by atoms with E-state index in [1.807, 2.05) is 16.7 Å². The lowest BCUT2D eigenvalue weighted by Gasteiger charge is -2.40. The summed E-state index contributed by atoms with van der Waals surface area (Å²) in [6.45, 7) is 7.44. The summed E-state index contributed by atoms with van der Waals surface area (Å²) < 4.78 is 0. The van der Waals surface area contributed by atoms with Crippen LogP contribution >= 0.6 is 0 Å². The molecule has 2 aliphatic rings. The molecular formula is C20H29N3O2. The largest absolute Gasteiger partial charge is 0.343 e. The summed E-state index contributed by atoms with van der Waals surface area (Å²) in [5.41, 5.74) is 2.71. The van der Waals surface area contributed by atoms with Gasteiger partial charge in [-0.1, -0.05) is 24.3 Å². The van der Waals surface area contributed by atoms with E-state index in [9.17, 15) is 9.59 Å². The number of carbonyl (C=O) groups excluding carboxylic acids is 2. The van der Waals surface area contributed by atoms with Crippen molar-refractivity contribution < 1.29 is 9.59 Å². The smallest absolute Gasteiger partial charge is 0.317 e. The molecule has 25 heavy (non-hydrogen) atoms. The van der Waals surface area contributed by atoms with Gasteiger partial charge in [-0.25, -0.2) is 4.79 Å². The van der Waals surface area contributed by atoms with Crippen molar-refractivity contribution in [2.24, 2.45) is 5.92 Å². The van der Waals surface area contributed by atoms with Gasteiger partial charge in [0.2, 0.25) is 5.91 Å². The van der Waals surface area contributed by atoms with Gasteiger partial charge in [0.1, 0.15) is 0 Å². The van der Waals surface area contributed by atoms with Crippen LogP contribution in [0.3, 0.4) is 0 Å². The Labute approximate surface area is 150 Å². The van der Waals surface area contributed by atoms with Crippen LogP contribution in [0, 0.1) is 12.8 Å². The van der Waals surface area contributed by atoms with E-state index < -0.39 is 0 Å². The lowest BCUT2D eigenvalue weighted by Crippen LogP contribution is -2.55. The fourth-order valence-electron chi connectivity index (χ4n) is 3.68. The van der Waals surface area contributed by atoms with E-state index in [-0.39, 0.29) is 18.0 Å². The lowest BCUT2D eigenvalue weighted by atomic mass is 9.90. The summed E-state index contributed by atoms with van der Waals surface area (Å²) in [4.78, 5) is 27.7. The molecule has 1 atom stereocenters. The molecule has 2 aliphatic heterocycles. The Kier molecular flexibility index (Phi) is 5.61. The normalized spacial score (nSPS) is 19.0. The van der Waals surface area contributed by atoms with Gasteiger partial charge in [0, 0.05) is 38.6 Å². The molecule has 3 amide bonds. The zero-order valence-electron chi connectivity index (χ0n) is 15.3. The van der Waals surface area contributed by atoms with Gasteiger partial charge >= 0.3 is 6.03 Å². The number of benzene rings is 1. The summed E-state index contributed by atoms with van der Waals surface area (Å²) in [6, 6.07) is 8.59. The number of hydrogen-bond acceptors (Lipinski definition) is 2. The fourth-order valence-corrected chi connectivity index (χ4v) is 3.68. The molecular weight excluding hydrogens is 314 g/mol. The van der Waals surface area contributed by atoms with E-state index in [0.29, 0.717) is 12.3 Å². The minimum Gasteiger partial charge on any atom is -0.343 e. The number of amides is 3. The topological polar surface area (TPSA) is 52.7 Å². The number of carbonyl (C=O) groups is 2. The van der Waals surface area contributed by atoms with Crippen molar-refractivity contribution in [2.75, 3.05) is 26.2 Å². The first-order valence-electron chi connectivity index (χ1n) is 9.40. The first kappa shape index (κ1) is 17.8. The van der Waals surface area contributed by atoms with Crippen molar-refractivity contribution in [2.45, 2.75) is 45.6 Å². The number of aryl methyl sites for hydroxylation is 1. The zero-order valence-corrected chi connectivity index (χ0v) is 15.3. The molecule has 0 aromatic heterocycles. The van der Waals surface area contributed by atoms with Crippen molar-refractivity contribution in [1.29, 1.82) is 0 Å². The van der Waals surface area contributed by atoms with Crippen LogP contribution in [0.15, 0.2) is 24.3 Å². The van der Waals surface area contributed by atoms with Gasteiger partial charge in [-0.05, 0) is 50.2 Å². The average molecular weight is 343 g/mol. The Balaban J connectivity index is 1.35. The zero-order chi connectivity index (χ0) is 17.8. The Hall–Kier alpha value is -2.04. The predicted molar refractivity (Wildman–Crippen MR) is 98.4 cm³/mol. The third kappa shape index (κ3) is 4.53. The molecule has 1 aromatic carbocycles. The Morgan fingerprint density at radius 2 is 2.08 bits per heavy atom. The third-order valence-electron chi connectivity index (χ3n) is 5.39. The molecule has 2 saturated heterocycles. The van der Waals surface area contributed by atoms with E-state index in [4.69, 9.17) is 0 Å². The second-order valence-corrected chi connectivity index (χ2v) is 7.53. The van der Waals surface area contributed by atoms with Crippen molar-refractivity contribution in [3.8, 4) is 0 Å². The van der Waals surface area contributed by atoms with Gasteiger partial charge in [0.05, 0.1) is 0 Å². The summed E-state index contributed by atoms with van der Waals surface area (Å²) in [5, 5.41) is 3.07. The molecule has 5 heteroatoms. The van der Waals surface area contributed by atoms with Crippen molar-refractivity contribution in [1.82, 2.24) is 15.1 Å². The Morgan fingerprint density at radius 3 is 2.76 bits per heavy atom. The number of likely N-dealkylation sites (tertiary alicyclic amines) is 2. The fraction of sp³-hybridized carbons (Fsp3) is 0.600. The first-order valence-corrected chi connectivity index (χ1v) is 9.40. The lowest BCUT2D eigenvalue weighted by molar-refractivity contribution is -0.127. The quantitative estimate of drug-likeness (QED) is 0.863. The van der Waals surface area contributed by atoms with Gasteiger partial charge in [-0.3, -0.25) is 4.79 Å². The van der Waals surface area contributed by atoms with Gasteiger partial charge in [-0.2, -0.15) is 0 Å². The van der Waals surface area contributed by atoms with E-state index >= 15 is 0 Å². The van der Waals surface area contributed by atoms with Crippen LogP contribution in [-0.4, -0.2) is 54.0 Å². The second kappa shape index (κ2) is 7.89. The van der Waals surface area contributed by atoms with Crippen LogP contribution in [0.25, 0.3) is 0 Å². The molecule has 0 aliphatic carbocycles. The van der Waals surface area contributed by atoms with Gasteiger partial charge in [0.25, 0.3) is 0 Å². The van der Waals surface area contributed by atoms with Crippen molar-refractivity contribution in [3.05, 3.63) is 35.4 Å². The van der Waals surface area contributed by atoms with Crippen LogP contribution in [0.1, 0.15) is 37.3 Å². The number of nitrogens with zero attached hydrogens (tertiary/aromatic N) is 2. The maximum Gasteiger partial charge on any atom is 0.317 e. The molecule has 5 nitrogen and oxygen atoms in total. The number of rotatable bonds is 6. The highest BCUT2D eigenvalue weighted by atomic mass is 16.2. The minimum absolute atomic E-state index is 0.0290. The molecule has 0 spiro atoms. The van der Waals surface area contributed by atoms with E-state index in [1.165, 1.54) is 11.1 Å². The third-order valence-corrected chi connectivity index (χ3v) is 5.39. The molecule has 1 aromatic rings. The van der Waals surface area contributed by atoms with Crippen molar-refractivity contribution >= 4 is 11.9 Å². The predicted octanol–water partition coefficient (Wildman–Crippen LogP) is 2.58. The Morgan fingerprint density at radius 1 is 1.32 bits per heavy atom. The highest BCUT2D eigenvalue weighted by Gasteiger charge is 2.31. The minimum atomic E-state index is 0.0290. The molecule has 1 N–H and O–H groups in total. The molecule has 3 rings (SSSR count). The molecule has 2 heterocycles. The van der Waals surface area contributed by atoms with Gasteiger partial charge in [0.15, 0.2) is 0 Å².